The van der Waals surface area contributed by atoms with E-state index in [0.717, 1.165) is 12.3 Å². The zero-order valence-corrected chi connectivity index (χ0v) is 16.9. The van der Waals surface area contributed by atoms with Crippen LogP contribution in [-0.2, 0) is 5.41 Å². The van der Waals surface area contributed by atoms with E-state index in [1.54, 1.807) is 5.56 Å². The van der Waals surface area contributed by atoms with Crippen LogP contribution in [-0.4, -0.2) is 30.6 Å². The molecule has 142 valence electrons. The Hall–Kier alpha value is -0.860. The van der Waals surface area contributed by atoms with Gasteiger partial charge in [-0.15, -0.1) is 0 Å². The van der Waals surface area contributed by atoms with Crippen LogP contribution < -0.4 is 5.73 Å². The summed E-state index contributed by atoms with van der Waals surface area (Å²) < 4.78 is 0. The molecule has 4 bridgehead atoms. The third-order valence-corrected chi connectivity index (χ3v) is 9.09. The quantitative estimate of drug-likeness (QED) is 0.862. The van der Waals surface area contributed by atoms with E-state index in [1.165, 1.54) is 51.7 Å². The molecule has 6 rings (SSSR count). The van der Waals surface area contributed by atoms with Gasteiger partial charge in [0.2, 0.25) is 0 Å². The Balaban J connectivity index is 1.44. The van der Waals surface area contributed by atoms with E-state index in [1.807, 2.05) is 0 Å². The van der Waals surface area contributed by atoms with Crippen molar-refractivity contribution in [2.24, 2.45) is 27.9 Å². The molecule has 5 aliphatic rings. The first kappa shape index (κ1) is 17.3. The van der Waals surface area contributed by atoms with Gasteiger partial charge in [0.15, 0.2) is 0 Å². The van der Waals surface area contributed by atoms with Gasteiger partial charge in [0.1, 0.15) is 0 Å². The van der Waals surface area contributed by atoms with Crippen molar-refractivity contribution >= 4 is 0 Å². The number of benzene rings is 1. The molecule has 1 aromatic carbocycles. The van der Waals surface area contributed by atoms with Crippen LogP contribution in [0.5, 0.6) is 0 Å². The van der Waals surface area contributed by atoms with Crippen molar-refractivity contribution in [2.45, 2.75) is 70.8 Å². The number of hydrogen-bond acceptors (Lipinski definition) is 2. The van der Waals surface area contributed by atoms with Crippen molar-refractivity contribution in [3.8, 4) is 0 Å². The fraction of sp³-hybridized carbons (Fsp3) is 0.750. The van der Waals surface area contributed by atoms with Crippen LogP contribution in [0, 0.1) is 22.2 Å². The lowest BCUT2D eigenvalue weighted by molar-refractivity contribution is 0.0186. The lowest BCUT2D eigenvalue weighted by atomic mass is 9.63. The Bertz CT molecular complexity index is 697. The molecular weight excluding hydrogens is 316 g/mol. The minimum atomic E-state index is 0.253. The summed E-state index contributed by atoms with van der Waals surface area (Å²) in [5.74, 6) is 0.947. The van der Waals surface area contributed by atoms with Gasteiger partial charge in [-0.2, -0.15) is 0 Å². The highest BCUT2D eigenvalue weighted by Gasteiger charge is 2.70. The third kappa shape index (κ3) is 2.31. The van der Waals surface area contributed by atoms with Gasteiger partial charge in [0.05, 0.1) is 0 Å². The molecule has 4 saturated carbocycles. The van der Waals surface area contributed by atoms with Crippen molar-refractivity contribution < 1.29 is 0 Å². The van der Waals surface area contributed by atoms with Gasteiger partial charge in [-0.05, 0) is 78.2 Å². The number of rotatable bonds is 3. The number of hydrogen-bond donors (Lipinski definition) is 1. The summed E-state index contributed by atoms with van der Waals surface area (Å²) in [6.07, 6.45) is 8.37. The smallest absolute Gasteiger partial charge is 0.0115 e. The van der Waals surface area contributed by atoms with Gasteiger partial charge < -0.3 is 10.6 Å². The largest absolute Gasteiger partial charge is 0.327 e. The molecule has 26 heavy (non-hydrogen) atoms. The first-order chi connectivity index (χ1) is 12.3. The fourth-order valence-electron chi connectivity index (χ4n) is 8.04. The molecule has 0 amide bonds. The summed E-state index contributed by atoms with van der Waals surface area (Å²) in [6, 6.07) is 11.9. The maximum atomic E-state index is 6.41. The first-order valence-corrected chi connectivity index (χ1v) is 10.8. The van der Waals surface area contributed by atoms with E-state index in [4.69, 9.17) is 5.73 Å². The monoisotopic (exact) mass is 352 g/mol. The molecule has 5 fully saturated rings. The Morgan fingerprint density at radius 2 is 1.81 bits per heavy atom. The minimum absolute atomic E-state index is 0.253. The average molecular weight is 353 g/mol. The lowest BCUT2D eigenvalue weighted by Crippen LogP contribution is -2.55. The number of nitrogens with zero attached hydrogens (tertiary/aromatic N) is 1. The second-order valence-corrected chi connectivity index (χ2v) is 11.4. The highest BCUT2D eigenvalue weighted by atomic mass is 15.2. The van der Waals surface area contributed by atoms with Gasteiger partial charge in [0.25, 0.3) is 0 Å². The minimum Gasteiger partial charge on any atom is -0.327 e. The second kappa shape index (κ2) is 5.35. The van der Waals surface area contributed by atoms with Crippen LogP contribution in [0.2, 0.25) is 0 Å². The molecule has 0 aromatic heterocycles. The Kier molecular flexibility index (Phi) is 3.55. The summed E-state index contributed by atoms with van der Waals surface area (Å²) >= 11 is 0. The van der Waals surface area contributed by atoms with E-state index in [-0.39, 0.29) is 5.41 Å². The van der Waals surface area contributed by atoms with Crippen LogP contribution >= 0.6 is 0 Å². The topological polar surface area (TPSA) is 29.3 Å². The zero-order valence-electron chi connectivity index (χ0n) is 16.9. The van der Waals surface area contributed by atoms with Gasteiger partial charge in [-0.3, -0.25) is 0 Å². The molecule has 1 aromatic rings. The highest BCUT2D eigenvalue weighted by molar-refractivity contribution is 5.35. The van der Waals surface area contributed by atoms with Crippen molar-refractivity contribution in [3.05, 3.63) is 35.9 Å². The van der Waals surface area contributed by atoms with Crippen LogP contribution in [0.3, 0.4) is 0 Å². The first-order valence-electron chi connectivity index (χ1n) is 10.8. The normalized spacial score (nSPS) is 46.8. The molecule has 5 atom stereocenters. The molecule has 2 heteroatoms. The Labute approximate surface area is 159 Å². The summed E-state index contributed by atoms with van der Waals surface area (Å²) in [6.45, 7) is 11.1. The van der Waals surface area contributed by atoms with Gasteiger partial charge in [0, 0.05) is 19.1 Å². The molecule has 2 N–H and O–H groups in total. The van der Waals surface area contributed by atoms with Crippen molar-refractivity contribution in [3.63, 3.8) is 0 Å². The van der Waals surface area contributed by atoms with Gasteiger partial charge >= 0.3 is 0 Å². The van der Waals surface area contributed by atoms with E-state index in [0.29, 0.717) is 22.3 Å². The molecule has 1 heterocycles. The van der Waals surface area contributed by atoms with Crippen LogP contribution in [0.4, 0.5) is 0 Å². The summed E-state index contributed by atoms with van der Waals surface area (Å²) in [4.78, 5) is 2.79. The maximum absolute atomic E-state index is 6.41. The van der Waals surface area contributed by atoms with Crippen molar-refractivity contribution in [2.75, 3.05) is 19.6 Å². The average Bonchev–Trinajstić information content (AvgIpc) is 2.87. The standard InChI is InChI=1S/C24H36N2/c1-21(2)16-26(10-9-20(21)25)17-24-13-18-11-22(24,3)14-23(12-18,15-24)19-7-5-4-6-8-19/h4-8,18,20H,9-17,25H2,1-3H3. The van der Waals surface area contributed by atoms with E-state index >= 15 is 0 Å². The van der Waals surface area contributed by atoms with Crippen LogP contribution in [0.25, 0.3) is 0 Å². The van der Waals surface area contributed by atoms with E-state index in [9.17, 15) is 0 Å². The number of nitrogens with two attached hydrogens (primary N) is 1. The fourth-order valence-corrected chi connectivity index (χ4v) is 8.04. The van der Waals surface area contributed by atoms with Gasteiger partial charge in [-0.25, -0.2) is 0 Å². The summed E-state index contributed by atoms with van der Waals surface area (Å²) in [5, 5.41) is 0. The van der Waals surface area contributed by atoms with Crippen molar-refractivity contribution in [1.29, 1.82) is 0 Å². The SMILES string of the molecule is CC1(C)CN(CC23CC4CC(c5ccccc5)(CC2(C)C4)C3)CCC1N. The zero-order chi connectivity index (χ0) is 18.2. The predicted octanol–water partition coefficient (Wildman–Crippen LogP) is 4.58. The Morgan fingerprint density at radius 3 is 2.54 bits per heavy atom. The highest BCUT2D eigenvalue weighted by Crippen LogP contribution is 2.76. The number of piperidine rings is 1. The predicted molar refractivity (Wildman–Crippen MR) is 108 cm³/mol. The molecule has 5 unspecified atom stereocenters. The molecule has 2 nitrogen and oxygen atoms in total. The van der Waals surface area contributed by atoms with E-state index in [2.05, 4.69) is 56.0 Å². The molecular formula is C24H36N2. The summed E-state index contributed by atoms with van der Waals surface area (Å²) in [7, 11) is 0. The maximum Gasteiger partial charge on any atom is 0.0115 e. The molecule has 0 spiro atoms. The third-order valence-electron chi connectivity index (χ3n) is 9.09. The van der Waals surface area contributed by atoms with Crippen LogP contribution in [0.1, 0.15) is 64.9 Å². The second-order valence-electron chi connectivity index (χ2n) is 11.4. The molecule has 0 radical (unpaired) electrons. The number of likely N-dealkylation sites (tertiary alicyclic amines) is 1. The van der Waals surface area contributed by atoms with Gasteiger partial charge in [-0.1, -0.05) is 51.1 Å². The van der Waals surface area contributed by atoms with Crippen LogP contribution in [0.15, 0.2) is 30.3 Å². The van der Waals surface area contributed by atoms with E-state index < -0.39 is 0 Å². The molecule has 4 aliphatic carbocycles. The van der Waals surface area contributed by atoms with Crippen molar-refractivity contribution in [1.82, 2.24) is 4.90 Å². The summed E-state index contributed by atoms with van der Waals surface area (Å²) in [5.41, 5.74) is 9.81. The lowest BCUT2D eigenvalue weighted by Gasteiger charge is -2.48. The molecule has 1 aliphatic heterocycles. The Morgan fingerprint density at radius 1 is 1.04 bits per heavy atom. The molecule has 1 saturated heterocycles.